The van der Waals surface area contributed by atoms with Crippen molar-refractivity contribution in [2.45, 2.75) is 31.2 Å². The molecule has 3 N–H and O–H groups in total. The maximum absolute atomic E-state index is 12.1. The van der Waals surface area contributed by atoms with Gasteiger partial charge in [-0.2, -0.15) is 0 Å². The van der Waals surface area contributed by atoms with Crippen LogP contribution in [0.15, 0.2) is 23.1 Å². The summed E-state index contributed by atoms with van der Waals surface area (Å²) in [6, 6.07) is 4.28. The van der Waals surface area contributed by atoms with E-state index >= 15 is 0 Å². The van der Waals surface area contributed by atoms with Crippen molar-refractivity contribution < 1.29 is 8.42 Å². The summed E-state index contributed by atoms with van der Waals surface area (Å²) in [5.74, 6) is 0. The molecule has 0 fully saturated rings. The second-order valence-corrected chi connectivity index (χ2v) is 6.47. The Labute approximate surface area is 118 Å². The molecule has 0 aromatic heterocycles. The Balaban J connectivity index is 3.23. The van der Waals surface area contributed by atoms with Crippen LogP contribution in [0.5, 0.6) is 0 Å². The zero-order chi connectivity index (χ0) is 13.9. The van der Waals surface area contributed by atoms with Gasteiger partial charge >= 0.3 is 0 Å². The van der Waals surface area contributed by atoms with Crippen molar-refractivity contribution in [2.24, 2.45) is 5.73 Å². The van der Waals surface area contributed by atoms with Crippen molar-refractivity contribution >= 4 is 38.8 Å². The molecular weight excluding hydrogens is 292 g/mol. The second kappa shape index (κ2) is 5.97. The van der Waals surface area contributed by atoms with Gasteiger partial charge in [-0.1, -0.05) is 36.8 Å². The van der Waals surface area contributed by atoms with E-state index in [9.17, 15) is 8.42 Å². The van der Waals surface area contributed by atoms with E-state index in [0.29, 0.717) is 12.0 Å². The normalized spacial score (nSPS) is 13.3. The Morgan fingerprint density at radius 1 is 1.56 bits per heavy atom. The van der Waals surface area contributed by atoms with Crippen LogP contribution in [0.4, 0.5) is 0 Å². The minimum Gasteiger partial charge on any atom is -0.389 e. The van der Waals surface area contributed by atoms with Crippen LogP contribution in [0.3, 0.4) is 0 Å². The van der Waals surface area contributed by atoms with E-state index < -0.39 is 10.0 Å². The van der Waals surface area contributed by atoms with Crippen molar-refractivity contribution in [3.05, 3.63) is 28.8 Å². The van der Waals surface area contributed by atoms with Crippen LogP contribution in [0.1, 0.15) is 25.8 Å². The van der Waals surface area contributed by atoms with Crippen LogP contribution >= 0.6 is 23.8 Å². The summed E-state index contributed by atoms with van der Waals surface area (Å²) in [5.41, 5.74) is 5.95. The van der Waals surface area contributed by atoms with E-state index in [1.807, 2.05) is 6.92 Å². The predicted molar refractivity (Wildman–Crippen MR) is 77.4 cm³/mol. The van der Waals surface area contributed by atoms with Gasteiger partial charge in [0, 0.05) is 11.6 Å². The lowest BCUT2D eigenvalue weighted by atomic mass is 10.2. The number of benzene rings is 1. The van der Waals surface area contributed by atoms with Gasteiger partial charge in [-0.15, -0.1) is 0 Å². The molecule has 0 aliphatic carbocycles. The molecule has 0 spiro atoms. The van der Waals surface area contributed by atoms with Gasteiger partial charge in [-0.3, -0.25) is 0 Å². The summed E-state index contributed by atoms with van der Waals surface area (Å²) in [6.45, 7) is 3.67. The average Bonchev–Trinajstić information content (AvgIpc) is 2.28. The van der Waals surface area contributed by atoms with E-state index in [-0.39, 0.29) is 20.9 Å². The Bertz CT molecular complexity index is 558. The van der Waals surface area contributed by atoms with Gasteiger partial charge < -0.3 is 5.73 Å². The van der Waals surface area contributed by atoms with Gasteiger partial charge in [0.05, 0.1) is 5.02 Å². The zero-order valence-corrected chi connectivity index (χ0v) is 12.5. The second-order valence-electron chi connectivity index (χ2n) is 3.94. The minimum atomic E-state index is -3.66. The molecule has 1 aromatic carbocycles. The first-order chi connectivity index (χ1) is 8.27. The fraction of sp³-hybridized carbons (Fsp3) is 0.364. The Morgan fingerprint density at radius 2 is 2.17 bits per heavy atom. The molecule has 4 nitrogen and oxygen atoms in total. The average molecular weight is 307 g/mol. The lowest BCUT2D eigenvalue weighted by molar-refractivity contribution is 0.556. The Kier molecular flexibility index (Phi) is 5.10. The molecule has 0 saturated heterocycles. The standard InChI is InChI=1S/C11H15ClN2O2S2/c1-3-7(2)14-18(15,16)10-6-8(11(13)17)4-5-9(10)12/h4-7,14H,3H2,1-2H3,(H2,13,17). The highest BCUT2D eigenvalue weighted by Gasteiger charge is 2.20. The predicted octanol–water partition coefficient (Wildman–Crippen LogP) is 2.05. The highest BCUT2D eigenvalue weighted by Crippen LogP contribution is 2.23. The van der Waals surface area contributed by atoms with Gasteiger partial charge in [0.15, 0.2) is 0 Å². The molecular formula is C11H15ClN2O2S2. The van der Waals surface area contributed by atoms with E-state index in [0.717, 1.165) is 0 Å². The quantitative estimate of drug-likeness (QED) is 0.817. The zero-order valence-electron chi connectivity index (χ0n) is 10.1. The smallest absolute Gasteiger partial charge is 0.242 e. The number of hydrogen-bond acceptors (Lipinski definition) is 3. The van der Waals surface area contributed by atoms with E-state index in [2.05, 4.69) is 4.72 Å². The minimum absolute atomic E-state index is 0.00485. The number of nitrogens with two attached hydrogens (primary N) is 1. The van der Waals surface area contributed by atoms with E-state index in [1.165, 1.54) is 12.1 Å². The van der Waals surface area contributed by atoms with Crippen molar-refractivity contribution in [1.29, 1.82) is 0 Å². The monoisotopic (exact) mass is 306 g/mol. The SMILES string of the molecule is CCC(C)NS(=O)(=O)c1cc(C(N)=S)ccc1Cl. The van der Waals surface area contributed by atoms with Gasteiger partial charge in [-0.25, -0.2) is 13.1 Å². The number of rotatable bonds is 5. The number of sulfonamides is 1. The van der Waals surface area contributed by atoms with Crippen LogP contribution in [0.25, 0.3) is 0 Å². The third kappa shape index (κ3) is 3.65. The Morgan fingerprint density at radius 3 is 2.67 bits per heavy atom. The number of nitrogens with one attached hydrogen (secondary N) is 1. The molecule has 1 rings (SSSR count). The number of thiocarbonyl (C=S) groups is 1. The Hall–Kier alpha value is -0.690. The highest BCUT2D eigenvalue weighted by atomic mass is 35.5. The van der Waals surface area contributed by atoms with E-state index in [1.54, 1.807) is 13.0 Å². The van der Waals surface area contributed by atoms with Crippen molar-refractivity contribution in [3.63, 3.8) is 0 Å². The molecule has 18 heavy (non-hydrogen) atoms. The van der Waals surface area contributed by atoms with Gasteiger partial charge in [0.25, 0.3) is 0 Å². The first-order valence-corrected chi connectivity index (χ1v) is 7.66. The summed E-state index contributed by atoms with van der Waals surface area (Å²) in [5, 5.41) is 0.144. The third-order valence-electron chi connectivity index (χ3n) is 2.47. The molecule has 7 heteroatoms. The molecule has 0 saturated carbocycles. The lowest BCUT2D eigenvalue weighted by Gasteiger charge is -2.13. The molecule has 100 valence electrons. The van der Waals surface area contributed by atoms with Crippen molar-refractivity contribution in [1.82, 2.24) is 4.72 Å². The van der Waals surface area contributed by atoms with Gasteiger partial charge in [0.1, 0.15) is 9.88 Å². The summed E-state index contributed by atoms with van der Waals surface area (Å²) in [7, 11) is -3.66. The third-order valence-corrected chi connectivity index (χ3v) is 4.78. The van der Waals surface area contributed by atoms with Crippen molar-refractivity contribution in [2.75, 3.05) is 0 Å². The summed E-state index contributed by atoms with van der Waals surface area (Å²) in [4.78, 5) is 0.126. The molecule has 1 unspecified atom stereocenters. The van der Waals surface area contributed by atoms with Crippen LogP contribution in [-0.2, 0) is 10.0 Å². The van der Waals surface area contributed by atoms with Crippen LogP contribution in [-0.4, -0.2) is 19.4 Å². The number of hydrogen-bond donors (Lipinski definition) is 2. The maximum atomic E-state index is 12.1. The molecule has 0 radical (unpaired) electrons. The highest BCUT2D eigenvalue weighted by molar-refractivity contribution is 7.89. The van der Waals surface area contributed by atoms with Crippen LogP contribution in [0.2, 0.25) is 5.02 Å². The molecule has 0 amide bonds. The number of halogens is 1. The fourth-order valence-electron chi connectivity index (χ4n) is 1.27. The first kappa shape index (κ1) is 15.4. The molecule has 1 atom stereocenters. The largest absolute Gasteiger partial charge is 0.389 e. The van der Waals surface area contributed by atoms with Gasteiger partial charge in [0.2, 0.25) is 10.0 Å². The summed E-state index contributed by atoms with van der Waals surface area (Å²) in [6.07, 6.45) is 0.686. The molecule has 1 aromatic rings. The molecule has 0 bridgehead atoms. The molecule has 0 aliphatic rings. The van der Waals surface area contributed by atoms with E-state index in [4.69, 9.17) is 29.6 Å². The topological polar surface area (TPSA) is 72.2 Å². The maximum Gasteiger partial charge on any atom is 0.242 e. The molecule has 0 aliphatic heterocycles. The first-order valence-electron chi connectivity index (χ1n) is 5.39. The molecule has 0 heterocycles. The fourth-order valence-corrected chi connectivity index (χ4v) is 3.25. The van der Waals surface area contributed by atoms with Gasteiger partial charge in [-0.05, 0) is 25.5 Å². The van der Waals surface area contributed by atoms with Crippen molar-refractivity contribution in [3.8, 4) is 0 Å². The van der Waals surface area contributed by atoms with Crippen LogP contribution < -0.4 is 10.5 Å². The summed E-state index contributed by atoms with van der Waals surface area (Å²) < 4.78 is 26.8. The lowest BCUT2D eigenvalue weighted by Crippen LogP contribution is -2.32. The van der Waals surface area contributed by atoms with Crippen LogP contribution in [0, 0.1) is 0 Å². The summed E-state index contributed by atoms with van der Waals surface area (Å²) >= 11 is 10.7.